The molecule has 0 aliphatic rings. The molecule has 0 saturated carbocycles. The van der Waals surface area contributed by atoms with Gasteiger partial charge in [-0.15, -0.1) is 12.4 Å². The highest BCUT2D eigenvalue weighted by Crippen LogP contribution is 2.23. The number of H-pyrrole nitrogens is 1. The molecule has 0 spiro atoms. The number of rotatable bonds is 6. The minimum absolute atomic E-state index is 0. The van der Waals surface area contributed by atoms with E-state index >= 15 is 0 Å². The van der Waals surface area contributed by atoms with E-state index in [1.54, 1.807) is 24.7 Å². The monoisotopic (exact) mass is 342 g/mol. The van der Waals surface area contributed by atoms with Crippen LogP contribution in [0.25, 0.3) is 5.57 Å². The second kappa shape index (κ2) is 9.04. The predicted molar refractivity (Wildman–Crippen MR) is 98.7 cm³/mol. The van der Waals surface area contributed by atoms with Crippen LogP contribution in [-0.2, 0) is 6.42 Å². The lowest BCUT2D eigenvalue weighted by molar-refractivity contribution is 0.627. The number of hydrogen-bond donors (Lipinski definition) is 1. The van der Waals surface area contributed by atoms with Crippen LogP contribution < -0.4 is 0 Å². The van der Waals surface area contributed by atoms with Crippen molar-refractivity contribution in [1.82, 2.24) is 9.97 Å². The summed E-state index contributed by atoms with van der Waals surface area (Å²) in [7, 11) is 0. The number of unbranched alkanes of at least 4 members (excludes halogenated alkanes) is 1. The summed E-state index contributed by atoms with van der Waals surface area (Å²) in [6.45, 7) is 0. The van der Waals surface area contributed by atoms with Crippen LogP contribution in [0.1, 0.15) is 29.7 Å². The Bertz CT molecular complexity index is 750. The Morgan fingerprint density at radius 1 is 1.04 bits per heavy atom. The molecule has 1 N–H and O–H groups in total. The largest absolute Gasteiger partial charge is 0.345 e. The normalized spacial score (nSPS) is 11.1. The van der Waals surface area contributed by atoms with Crippen molar-refractivity contribution in [3.8, 4) is 0 Å². The third-order valence-electron chi connectivity index (χ3n) is 3.80. The smallest absolute Gasteiger partial charge is 0.123 e. The molecule has 0 radical (unpaired) electrons. The molecule has 0 atom stereocenters. The van der Waals surface area contributed by atoms with Gasteiger partial charge in [0.15, 0.2) is 0 Å². The summed E-state index contributed by atoms with van der Waals surface area (Å²) in [5.74, 6) is -0.221. The molecule has 0 saturated heterocycles. The van der Waals surface area contributed by atoms with E-state index in [4.69, 9.17) is 0 Å². The molecule has 1 aromatic heterocycles. The fraction of sp³-hybridized carbons (Fsp3) is 0.150. The van der Waals surface area contributed by atoms with Crippen molar-refractivity contribution in [2.75, 3.05) is 0 Å². The Morgan fingerprint density at radius 3 is 2.46 bits per heavy atom. The Kier molecular flexibility index (Phi) is 6.76. The van der Waals surface area contributed by atoms with Crippen LogP contribution in [0.4, 0.5) is 4.39 Å². The van der Waals surface area contributed by atoms with E-state index in [2.05, 4.69) is 40.3 Å². The van der Waals surface area contributed by atoms with Crippen molar-refractivity contribution in [1.29, 1.82) is 0 Å². The molecule has 0 bridgehead atoms. The average molecular weight is 343 g/mol. The average Bonchev–Trinajstić information content (AvgIpc) is 3.11. The van der Waals surface area contributed by atoms with Gasteiger partial charge in [-0.3, -0.25) is 0 Å². The first-order valence-corrected chi connectivity index (χ1v) is 7.82. The van der Waals surface area contributed by atoms with Crippen LogP contribution in [0, 0.1) is 5.82 Å². The maximum atomic E-state index is 13.1. The molecule has 2 nitrogen and oxygen atoms in total. The van der Waals surface area contributed by atoms with E-state index in [0.29, 0.717) is 0 Å². The van der Waals surface area contributed by atoms with Gasteiger partial charge in [0.05, 0.1) is 18.2 Å². The zero-order valence-electron chi connectivity index (χ0n) is 13.3. The molecule has 1 heterocycles. The van der Waals surface area contributed by atoms with E-state index in [1.807, 2.05) is 6.07 Å². The maximum absolute atomic E-state index is 13.1. The molecule has 3 rings (SSSR count). The summed E-state index contributed by atoms with van der Waals surface area (Å²) in [5.41, 5.74) is 4.37. The fourth-order valence-corrected chi connectivity index (χ4v) is 2.61. The Balaban J connectivity index is 0.00000208. The molecule has 0 aliphatic heterocycles. The van der Waals surface area contributed by atoms with Gasteiger partial charge in [0.1, 0.15) is 5.82 Å². The van der Waals surface area contributed by atoms with Crippen molar-refractivity contribution < 1.29 is 4.39 Å². The van der Waals surface area contributed by atoms with Crippen molar-refractivity contribution >= 4 is 18.0 Å². The van der Waals surface area contributed by atoms with Crippen LogP contribution >= 0.6 is 12.4 Å². The number of hydrogen-bond acceptors (Lipinski definition) is 1. The number of halogens is 2. The lowest BCUT2D eigenvalue weighted by Gasteiger charge is -2.06. The lowest BCUT2D eigenvalue weighted by atomic mass is 10.0. The van der Waals surface area contributed by atoms with Gasteiger partial charge in [-0.1, -0.05) is 48.5 Å². The Morgan fingerprint density at radius 2 is 1.79 bits per heavy atom. The summed E-state index contributed by atoms with van der Waals surface area (Å²) >= 11 is 0. The molecule has 0 unspecified atom stereocenters. The van der Waals surface area contributed by atoms with Crippen LogP contribution in [0.15, 0.2) is 73.2 Å². The second-order valence-corrected chi connectivity index (χ2v) is 5.47. The molecule has 2 aromatic carbocycles. The lowest BCUT2D eigenvalue weighted by Crippen LogP contribution is -1.90. The van der Waals surface area contributed by atoms with Gasteiger partial charge in [-0.2, -0.15) is 0 Å². The number of allylic oxidation sites excluding steroid dienone is 1. The summed E-state index contributed by atoms with van der Waals surface area (Å²) in [6, 6.07) is 17.1. The van der Waals surface area contributed by atoms with Gasteiger partial charge in [0.25, 0.3) is 0 Å². The molecule has 4 heteroatoms. The molecule has 24 heavy (non-hydrogen) atoms. The zero-order chi connectivity index (χ0) is 15.9. The van der Waals surface area contributed by atoms with Crippen molar-refractivity contribution in [3.63, 3.8) is 0 Å². The molecule has 0 fully saturated rings. The number of benzene rings is 2. The van der Waals surface area contributed by atoms with E-state index in [-0.39, 0.29) is 18.2 Å². The summed E-state index contributed by atoms with van der Waals surface area (Å²) in [4.78, 5) is 7.23. The van der Waals surface area contributed by atoms with E-state index in [0.717, 1.165) is 36.1 Å². The number of aryl methyl sites for hydroxylation is 1. The highest BCUT2D eigenvalue weighted by Gasteiger charge is 2.06. The van der Waals surface area contributed by atoms with Crippen LogP contribution in [0.3, 0.4) is 0 Å². The first-order chi connectivity index (χ1) is 11.3. The molecule has 3 aromatic rings. The number of aromatic amines is 1. The van der Waals surface area contributed by atoms with E-state index in [9.17, 15) is 4.39 Å². The predicted octanol–water partition coefficient (Wildman–Crippen LogP) is 5.43. The molecule has 124 valence electrons. The minimum atomic E-state index is -0.221. The topological polar surface area (TPSA) is 28.7 Å². The van der Waals surface area contributed by atoms with E-state index in [1.165, 1.54) is 17.7 Å². The van der Waals surface area contributed by atoms with Gasteiger partial charge >= 0.3 is 0 Å². The summed E-state index contributed by atoms with van der Waals surface area (Å²) in [6.07, 6.45) is 8.74. The van der Waals surface area contributed by atoms with Crippen molar-refractivity contribution in [3.05, 3.63) is 95.8 Å². The highest BCUT2D eigenvalue weighted by molar-refractivity contribution is 5.85. The molecule has 0 aliphatic carbocycles. The first kappa shape index (κ1) is 18.0. The van der Waals surface area contributed by atoms with Crippen molar-refractivity contribution in [2.45, 2.75) is 19.3 Å². The summed E-state index contributed by atoms with van der Waals surface area (Å²) in [5, 5.41) is 0. The fourth-order valence-electron chi connectivity index (χ4n) is 2.61. The van der Waals surface area contributed by atoms with Gasteiger partial charge in [-0.05, 0) is 42.5 Å². The standard InChI is InChI=1S/C20H19FN2.ClH/c21-18-12-10-17(11-13-18)19(20-14-22-15-23-20)9-5-4-8-16-6-2-1-3-7-16;/h1-3,6-7,9-15H,4-5,8H2,(H,22,23);1H. The third-order valence-corrected chi connectivity index (χ3v) is 3.80. The maximum Gasteiger partial charge on any atom is 0.123 e. The van der Waals surface area contributed by atoms with Crippen molar-refractivity contribution in [2.24, 2.45) is 0 Å². The second-order valence-electron chi connectivity index (χ2n) is 5.47. The highest BCUT2D eigenvalue weighted by atomic mass is 35.5. The third kappa shape index (κ3) is 4.80. The molecular weight excluding hydrogens is 323 g/mol. The summed E-state index contributed by atoms with van der Waals surface area (Å²) < 4.78 is 13.1. The zero-order valence-corrected chi connectivity index (χ0v) is 14.1. The van der Waals surface area contributed by atoms with Gasteiger partial charge < -0.3 is 4.98 Å². The van der Waals surface area contributed by atoms with Crippen LogP contribution in [0.5, 0.6) is 0 Å². The van der Waals surface area contributed by atoms with Gasteiger partial charge in [-0.25, -0.2) is 9.37 Å². The van der Waals surface area contributed by atoms with Crippen LogP contribution in [-0.4, -0.2) is 9.97 Å². The van der Waals surface area contributed by atoms with E-state index < -0.39 is 0 Å². The Hall–Kier alpha value is -2.39. The first-order valence-electron chi connectivity index (χ1n) is 7.82. The Labute approximate surface area is 147 Å². The number of nitrogens with one attached hydrogen (secondary N) is 1. The quantitative estimate of drug-likeness (QED) is 0.595. The van der Waals surface area contributed by atoms with Gasteiger partial charge in [0, 0.05) is 5.57 Å². The minimum Gasteiger partial charge on any atom is -0.345 e. The van der Waals surface area contributed by atoms with Crippen LogP contribution in [0.2, 0.25) is 0 Å². The molecule has 0 amide bonds. The number of nitrogens with zero attached hydrogens (tertiary/aromatic N) is 1. The SMILES string of the molecule is Cl.Fc1ccc(C(=CCCCc2ccccc2)c2cnc[nH]2)cc1. The molecular formula is C20H20ClFN2. The number of aromatic nitrogens is 2. The number of imidazole rings is 1. The van der Waals surface area contributed by atoms with Gasteiger partial charge in [0.2, 0.25) is 0 Å².